The Bertz CT molecular complexity index is 1010. The van der Waals surface area contributed by atoms with Gasteiger partial charge in [0.1, 0.15) is 0 Å². The van der Waals surface area contributed by atoms with Crippen molar-refractivity contribution in [1.82, 2.24) is 4.90 Å². The Balaban J connectivity index is 1.69. The van der Waals surface area contributed by atoms with Gasteiger partial charge in [-0.05, 0) is 44.2 Å². The highest BCUT2D eigenvalue weighted by molar-refractivity contribution is 6.22. The first kappa shape index (κ1) is 20.0. The number of hydrogen-bond acceptors (Lipinski definition) is 5. The van der Waals surface area contributed by atoms with Crippen molar-refractivity contribution < 1.29 is 23.9 Å². The van der Waals surface area contributed by atoms with Crippen LogP contribution in [0, 0.1) is 6.92 Å². The van der Waals surface area contributed by atoms with Crippen molar-refractivity contribution >= 4 is 29.4 Å². The van der Waals surface area contributed by atoms with Gasteiger partial charge in [0.15, 0.2) is 6.10 Å². The van der Waals surface area contributed by atoms with Crippen LogP contribution in [0.1, 0.15) is 43.6 Å². The maximum Gasteiger partial charge on any atom is 0.338 e. The summed E-state index contributed by atoms with van der Waals surface area (Å²) in [6, 6.07) is 11.3. The molecule has 7 nitrogen and oxygen atoms in total. The zero-order valence-electron chi connectivity index (χ0n) is 16.1. The van der Waals surface area contributed by atoms with Gasteiger partial charge < -0.3 is 10.1 Å². The van der Waals surface area contributed by atoms with Crippen LogP contribution in [0.3, 0.4) is 0 Å². The van der Waals surface area contributed by atoms with E-state index in [0.717, 1.165) is 10.5 Å². The van der Waals surface area contributed by atoms with Gasteiger partial charge in [-0.25, -0.2) is 4.79 Å². The molecule has 0 saturated heterocycles. The van der Waals surface area contributed by atoms with Gasteiger partial charge in [-0.1, -0.05) is 23.8 Å². The summed E-state index contributed by atoms with van der Waals surface area (Å²) in [5.41, 5.74) is 2.08. The number of benzene rings is 2. The van der Waals surface area contributed by atoms with Gasteiger partial charge in [-0.15, -0.1) is 6.58 Å². The first-order chi connectivity index (χ1) is 13.8. The fourth-order valence-electron chi connectivity index (χ4n) is 2.88. The SMILES string of the molecule is C=CCN1C(=O)c2ccc(C(=O)O[C@H](C)C(=O)Nc3ccc(C)cc3)cc2C1=O. The number of rotatable bonds is 6. The molecule has 0 spiro atoms. The van der Waals surface area contributed by atoms with Crippen molar-refractivity contribution in [3.63, 3.8) is 0 Å². The lowest BCUT2D eigenvalue weighted by molar-refractivity contribution is -0.123. The topological polar surface area (TPSA) is 92.8 Å². The summed E-state index contributed by atoms with van der Waals surface area (Å²) in [4.78, 5) is 50.3. The molecular weight excluding hydrogens is 372 g/mol. The third-order valence-corrected chi connectivity index (χ3v) is 4.49. The average molecular weight is 392 g/mol. The lowest BCUT2D eigenvalue weighted by Gasteiger charge is -2.14. The largest absolute Gasteiger partial charge is 0.449 e. The highest BCUT2D eigenvalue weighted by atomic mass is 16.5. The van der Waals surface area contributed by atoms with E-state index in [1.165, 1.54) is 31.2 Å². The van der Waals surface area contributed by atoms with Crippen molar-refractivity contribution in [3.05, 3.63) is 77.4 Å². The number of nitrogens with one attached hydrogen (secondary N) is 1. The fraction of sp³-hybridized carbons (Fsp3) is 0.182. The molecular formula is C22H20N2O5. The number of nitrogens with zero attached hydrogens (tertiary/aromatic N) is 1. The van der Waals surface area contributed by atoms with Gasteiger partial charge in [0.05, 0.1) is 16.7 Å². The molecule has 1 atom stereocenters. The molecule has 7 heteroatoms. The summed E-state index contributed by atoms with van der Waals surface area (Å²) >= 11 is 0. The Hall–Kier alpha value is -3.74. The van der Waals surface area contributed by atoms with Crippen molar-refractivity contribution in [2.45, 2.75) is 20.0 Å². The minimum absolute atomic E-state index is 0.0836. The normalized spacial score (nSPS) is 13.7. The van der Waals surface area contributed by atoms with E-state index in [4.69, 9.17) is 4.74 Å². The molecule has 0 aliphatic carbocycles. The van der Waals surface area contributed by atoms with Crippen LogP contribution in [0.15, 0.2) is 55.1 Å². The van der Waals surface area contributed by atoms with E-state index in [2.05, 4.69) is 11.9 Å². The molecule has 3 rings (SSSR count). The summed E-state index contributed by atoms with van der Waals surface area (Å²) in [7, 11) is 0. The van der Waals surface area contributed by atoms with Crippen LogP contribution >= 0.6 is 0 Å². The van der Waals surface area contributed by atoms with Crippen LogP contribution in [0.2, 0.25) is 0 Å². The summed E-state index contributed by atoms with van der Waals surface area (Å²) in [5.74, 6) is -2.17. The molecule has 148 valence electrons. The quantitative estimate of drug-likeness (QED) is 0.463. The second kappa shape index (κ2) is 8.10. The first-order valence-electron chi connectivity index (χ1n) is 9.01. The number of imide groups is 1. The molecule has 1 aliphatic heterocycles. The molecule has 3 amide bonds. The predicted molar refractivity (Wildman–Crippen MR) is 107 cm³/mol. The van der Waals surface area contributed by atoms with Crippen molar-refractivity contribution in [2.24, 2.45) is 0 Å². The monoisotopic (exact) mass is 392 g/mol. The molecule has 1 aliphatic rings. The molecule has 29 heavy (non-hydrogen) atoms. The Labute approximate surface area is 168 Å². The Kier molecular flexibility index (Phi) is 5.59. The lowest BCUT2D eigenvalue weighted by atomic mass is 10.1. The summed E-state index contributed by atoms with van der Waals surface area (Å²) in [5, 5.41) is 2.67. The third kappa shape index (κ3) is 4.08. The maximum absolute atomic E-state index is 12.4. The van der Waals surface area contributed by atoms with Crippen LogP contribution in [-0.4, -0.2) is 41.2 Å². The molecule has 0 unspecified atom stereocenters. The van der Waals surface area contributed by atoms with Crippen LogP contribution in [0.25, 0.3) is 0 Å². The molecule has 1 N–H and O–H groups in total. The fourth-order valence-corrected chi connectivity index (χ4v) is 2.88. The Morgan fingerprint density at radius 2 is 1.76 bits per heavy atom. The van der Waals surface area contributed by atoms with Crippen LogP contribution in [-0.2, 0) is 9.53 Å². The van der Waals surface area contributed by atoms with Gasteiger partial charge in [0.2, 0.25) is 0 Å². The number of fused-ring (bicyclic) bond motifs is 1. The number of amides is 3. The number of carbonyl (C=O) groups is 4. The minimum atomic E-state index is -1.05. The molecule has 2 aromatic rings. The number of hydrogen-bond donors (Lipinski definition) is 1. The summed E-state index contributed by atoms with van der Waals surface area (Å²) < 4.78 is 5.21. The number of esters is 1. The van der Waals surface area contributed by atoms with Gasteiger partial charge in [0, 0.05) is 12.2 Å². The number of carbonyl (C=O) groups excluding carboxylic acids is 4. The van der Waals surface area contributed by atoms with E-state index >= 15 is 0 Å². The molecule has 0 radical (unpaired) electrons. The van der Waals surface area contributed by atoms with Crippen LogP contribution < -0.4 is 5.32 Å². The smallest absolute Gasteiger partial charge is 0.338 e. The maximum atomic E-state index is 12.4. The van der Waals surface area contributed by atoms with Gasteiger partial charge >= 0.3 is 5.97 Å². The molecule has 0 aromatic heterocycles. The predicted octanol–water partition coefficient (Wildman–Crippen LogP) is 2.96. The van der Waals surface area contributed by atoms with E-state index in [9.17, 15) is 19.2 Å². The van der Waals surface area contributed by atoms with E-state index in [1.807, 2.05) is 19.1 Å². The van der Waals surface area contributed by atoms with Crippen LogP contribution in [0.5, 0.6) is 0 Å². The molecule has 1 heterocycles. The van der Waals surface area contributed by atoms with Gasteiger partial charge in [0.25, 0.3) is 17.7 Å². The van der Waals surface area contributed by atoms with E-state index in [-0.39, 0.29) is 23.2 Å². The lowest BCUT2D eigenvalue weighted by Crippen LogP contribution is -2.30. The number of ether oxygens (including phenoxy) is 1. The Morgan fingerprint density at radius 3 is 2.41 bits per heavy atom. The Morgan fingerprint density at radius 1 is 1.10 bits per heavy atom. The second-order valence-electron chi connectivity index (χ2n) is 6.67. The third-order valence-electron chi connectivity index (χ3n) is 4.49. The molecule has 2 aromatic carbocycles. The van der Waals surface area contributed by atoms with Crippen molar-refractivity contribution in [3.8, 4) is 0 Å². The summed E-state index contributed by atoms with van der Waals surface area (Å²) in [6.45, 7) is 7.00. The first-order valence-corrected chi connectivity index (χ1v) is 9.01. The zero-order chi connectivity index (χ0) is 21.1. The molecule has 0 bridgehead atoms. The van der Waals surface area contributed by atoms with Crippen LogP contribution in [0.4, 0.5) is 5.69 Å². The number of anilines is 1. The molecule has 0 saturated carbocycles. The summed E-state index contributed by atoms with van der Waals surface area (Å²) in [6.07, 6.45) is 0.400. The van der Waals surface area contributed by atoms with Crippen molar-refractivity contribution in [1.29, 1.82) is 0 Å². The van der Waals surface area contributed by atoms with Gasteiger partial charge in [-0.3, -0.25) is 19.3 Å². The van der Waals surface area contributed by atoms with Crippen molar-refractivity contribution in [2.75, 3.05) is 11.9 Å². The highest BCUT2D eigenvalue weighted by Gasteiger charge is 2.35. The average Bonchev–Trinajstić information content (AvgIpc) is 2.94. The standard InChI is InChI=1S/C22H20N2O5/c1-4-11-24-20(26)17-10-7-15(12-18(17)21(24)27)22(28)29-14(3)19(25)23-16-8-5-13(2)6-9-16/h4-10,12,14H,1,11H2,2-3H3,(H,23,25)/t14-/m1/s1. The number of aryl methyl sites for hydroxylation is 1. The van der Waals surface area contributed by atoms with E-state index in [1.54, 1.807) is 12.1 Å². The molecule has 0 fully saturated rings. The van der Waals surface area contributed by atoms with Gasteiger partial charge in [-0.2, -0.15) is 0 Å². The van der Waals surface area contributed by atoms with E-state index < -0.39 is 29.8 Å². The highest BCUT2D eigenvalue weighted by Crippen LogP contribution is 2.24. The van der Waals surface area contributed by atoms with E-state index in [0.29, 0.717) is 5.69 Å². The second-order valence-corrected chi connectivity index (χ2v) is 6.67. The minimum Gasteiger partial charge on any atom is -0.449 e. The zero-order valence-corrected chi connectivity index (χ0v) is 16.1.